The van der Waals surface area contributed by atoms with Crippen LogP contribution in [0.5, 0.6) is 0 Å². The fourth-order valence-corrected chi connectivity index (χ4v) is 4.71. The zero-order valence-corrected chi connectivity index (χ0v) is 19.7. The van der Waals surface area contributed by atoms with Gasteiger partial charge in [0.2, 0.25) is 5.91 Å². The first-order chi connectivity index (χ1) is 15.6. The number of piperidine rings is 1. The highest BCUT2D eigenvalue weighted by atomic mass is 32.2. The zero-order chi connectivity index (χ0) is 24.0. The quantitative estimate of drug-likeness (QED) is 0.640. The molecule has 9 heteroatoms. The van der Waals surface area contributed by atoms with Gasteiger partial charge in [-0.25, -0.2) is 17.6 Å². The topological polar surface area (TPSA) is 95.6 Å². The predicted molar refractivity (Wildman–Crippen MR) is 125 cm³/mol. The molecule has 2 N–H and O–H groups in total. The van der Waals surface area contributed by atoms with Gasteiger partial charge in [0.25, 0.3) is 0 Å². The highest BCUT2D eigenvalue weighted by molar-refractivity contribution is 7.92. The number of carbonyl (C=O) groups is 2. The number of hydrogen-bond acceptors (Lipinski definition) is 4. The number of halogens is 1. The molecule has 0 bridgehead atoms. The maximum absolute atomic E-state index is 13.0. The number of anilines is 1. The van der Waals surface area contributed by atoms with E-state index in [4.69, 9.17) is 0 Å². The third-order valence-corrected chi connectivity index (χ3v) is 7.99. The fourth-order valence-electron chi connectivity index (χ4n) is 3.65. The first-order valence-electron chi connectivity index (χ1n) is 11.1. The Morgan fingerprint density at radius 1 is 1.03 bits per heavy atom. The van der Waals surface area contributed by atoms with Crippen LogP contribution in [0.2, 0.25) is 0 Å². The van der Waals surface area contributed by atoms with E-state index in [1.54, 1.807) is 43.0 Å². The molecule has 7 nitrogen and oxygen atoms in total. The molecule has 0 radical (unpaired) electrons. The summed E-state index contributed by atoms with van der Waals surface area (Å²) in [6.07, 6.45) is 1.73. The minimum Gasteiger partial charge on any atom is -0.356 e. The van der Waals surface area contributed by atoms with Gasteiger partial charge in [0.15, 0.2) is 9.84 Å². The van der Waals surface area contributed by atoms with Gasteiger partial charge in [0.05, 0.1) is 16.6 Å². The van der Waals surface area contributed by atoms with Crippen molar-refractivity contribution >= 4 is 27.5 Å². The molecule has 3 rings (SSSR count). The van der Waals surface area contributed by atoms with Crippen LogP contribution in [-0.2, 0) is 21.1 Å². The summed E-state index contributed by atoms with van der Waals surface area (Å²) in [6, 6.07) is 11.9. The van der Waals surface area contributed by atoms with Crippen molar-refractivity contribution in [1.82, 2.24) is 10.2 Å². The van der Waals surface area contributed by atoms with Crippen molar-refractivity contribution in [2.75, 3.05) is 25.0 Å². The van der Waals surface area contributed by atoms with Crippen molar-refractivity contribution in [3.63, 3.8) is 0 Å². The van der Waals surface area contributed by atoms with Crippen LogP contribution in [0.25, 0.3) is 0 Å². The summed E-state index contributed by atoms with van der Waals surface area (Å²) < 4.78 is 37.4. The van der Waals surface area contributed by atoms with E-state index in [2.05, 4.69) is 10.6 Å². The molecule has 0 aliphatic carbocycles. The SMILES string of the molecule is CC(C)S(=O)(=O)c1ccc(CC(=O)NCC2CCN(C(=O)Nc3ccc(F)cc3)CC2)cc1. The number of sulfone groups is 1. The summed E-state index contributed by atoms with van der Waals surface area (Å²) in [7, 11) is -3.33. The summed E-state index contributed by atoms with van der Waals surface area (Å²) in [6.45, 7) is 4.98. The van der Waals surface area contributed by atoms with E-state index in [9.17, 15) is 22.4 Å². The van der Waals surface area contributed by atoms with Crippen LogP contribution in [-0.4, -0.2) is 50.1 Å². The van der Waals surface area contributed by atoms with Crippen LogP contribution in [0.1, 0.15) is 32.3 Å². The van der Waals surface area contributed by atoms with Crippen molar-refractivity contribution in [2.24, 2.45) is 5.92 Å². The Hall–Kier alpha value is -2.94. The van der Waals surface area contributed by atoms with Crippen LogP contribution in [0, 0.1) is 11.7 Å². The Labute approximate surface area is 194 Å². The second-order valence-electron chi connectivity index (χ2n) is 8.59. The second-order valence-corrected chi connectivity index (χ2v) is 11.1. The number of nitrogens with zero attached hydrogens (tertiary/aromatic N) is 1. The van der Waals surface area contributed by atoms with Crippen molar-refractivity contribution < 1.29 is 22.4 Å². The summed E-state index contributed by atoms with van der Waals surface area (Å²) in [5.74, 6) is -0.194. The van der Waals surface area contributed by atoms with E-state index >= 15 is 0 Å². The molecule has 0 saturated carbocycles. The van der Waals surface area contributed by atoms with Gasteiger partial charge in [-0.1, -0.05) is 12.1 Å². The minimum atomic E-state index is -3.33. The Morgan fingerprint density at radius 3 is 2.21 bits per heavy atom. The Kier molecular flexibility index (Phi) is 8.07. The standard InChI is InChI=1S/C24H30FN3O4S/c1-17(2)33(31,32)22-9-3-18(4-10-22)15-23(29)26-16-19-11-13-28(14-12-19)24(30)27-21-7-5-20(25)6-8-21/h3-10,17,19H,11-16H2,1-2H3,(H,26,29)(H,27,30). The van der Waals surface area contributed by atoms with Crippen LogP contribution in [0.3, 0.4) is 0 Å². The largest absolute Gasteiger partial charge is 0.356 e. The maximum Gasteiger partial charge on any atom is 0.321 e. The summed E-state index contributed by atoms with van der Waals surface area (Å²) >= 11 is 0. The van der Waals surface area contributed by atoms with Crippen LogP contribution < -0.4 is 10.6 Å². The lowest BCUT2D eigenvalue weighted by molar-refractivity contribution is -0.120. The monoisotopic (exact) mass is 475 g/mol. The molecule has 1 aliphatic heterocycles. The molecule has 1 aliphatic rings. The molecule has 0 aromatic heterocycles. The average Bonchev–Trinajstić information content (AvgIpc) is 2.80. The molecule has 2 aromatic rings. The van der Waals surface area contributed by atoms with Crippen molar-refractivity contribution in [2.45, 2.75) is 43.3 Å². The van der Waals surface area contributed by atoms with E-state index in [0.717, 1.165) is 18.4 Å². The molecule has 33 heavy (non-hydrogen) atoms. The Balaban J connectivity index is 1.40. The molecule has 3 amide bonds. The lowest BCUT2D eigenvalue weighted by Crippen LogP contribution is -2.43. The Bertz CT molecular complexity index is 1060. The molecular formula is C24H30FN3O4S. The molecule has 0 atom stereocenters. The molecule has 2 aromatic carbocycles. The van der Waals surface area contributed by atoms with E-state index in [1.807, 2.05) is 0 Å². The molecule has 0 spiro atoms. The minimum absolute atomic E-state index is 0.119. The van der Waals surface area contributed by atoms with Crippen LogP contribution >= 0.6 is 0 Å². The van der Waals surface area contributed by atoms with Gasteiger partial charge in [-0.3, -0.25) is 4.79 Å². The number of urea groups is 1. The van der Waals surface area contributed by atoms with E-state index in [-0.39, 0.29) is 35.0 Å². The van der Waals surface area contributed by atoms with E-state index in [1.165, 1.54) is 24.3 Å². The Morgan fingerprint density at radius 2 is 1.64 bits per heavy atom. The van der Waals surface area contributed by atoms with E-state index < -0.39 is 15.1 Å². The number of nitrogens with one attached hydrogen (secondary N) is 2. The molecular weight excluding hydrogens is 445 g/mol. The molecule has 1 saturated heterocycles. The molecule has 1 fully saturated rings. The van der Waals surface area contributed by atoms with Crippen molar-refractivity contribution in [3.05, 3.63) is 59.9 Å². The number of likely N-dealkylation sites (tertiary alicyclic amines) is 1. The average molecular weight is 476 g/mol. The van der Waals surface area contributed by atoms with Gasteiger partial charge in [-0.05, 0) is 74.6 Å². The van der Waals surface area contributed by atoms with Gasteiger partial charge < -0.3 is 15.5 Å². The molecule has 178 valence electrons. The molecule has 1 heterocycles. The number of benzene rings is 2. The molecule has 0 unspecified atom stereocenters. The predicted octanol–water partition coefficient (Wildman–Crippen LogP) is 3.61. The number of amides is 3. The summed E-state index contributed by atoms with van der Waals surface area (Å²) in [4.78, 5) is 26.7. The van der Waals surface area contributed by atoms with Crippen molar-refractivity contribution in [1.29, 1.82) is 0 Å². The van der Waals surface area contributed by atoms with Gasteiger partial charge in [-0.2, -0.15) is 0 Å². The number of carbonyl (C=O) groups excluding carboxylic acids is 2. The third-order valence-electron chi connectivity index (χ3n) is 5.82. The van der Waals surface area contributed by atoms with Gasteiger partial charge in [0, 0.05) is 25.3 Å². The lowest BCUT2D eigenvalue weighted by atomic mass is 9.97. The number of hydrogen-bond donors (Lipinski definition) is 2. The first-order valence-corrected chi connectivity index (χ1v) is 12.6. The van der Waals surface area contributed by atoms with Crippen LogP contribution in [0.4, 0.5) is 14.9 Å². The van der Waals surface area contributed by atoms with E-state index in [0.29, 0.717) is 25.3 Å². The van der Waals surface area contributed by atoms with Crippen LogP contribution in [0.15, 0.2) is 53.4 Å². The maximum atomic E-state index is 13.0. The van der Waals surface area contributed by atoms with Gasteiger partial charge in [0.1, 0.15) is 5.82 Å². The fraction of sp³-hybridized carbons (Fsp3) is 0.417. The summed E-state index contributed by atoms with van der Waals surface area (Å²) in [5.41, 5.74) is 1.30. The normalized spacial score (nSPS) is 14.8. The first kappa shape index (κ1) is 24.7. The summed E-state index contributed by atoms with van der Waals surface area (Å²) in [5, 5.41) is 5.21. The number of rotatable bonds is 7. The lowest BCUT2D eigenvalue weighted by Gasteiger charge is -2.32. The third kappa shape index (κ3) is 6.77. The highest BCUT2D eigenvalue weighted by Crippen LogP contribution is 2.19. The van der Waals surface area contributed by atoms with Crippen molar-refractivity contribution in [3.8, 4) is 0 Å². The highest BCUT2D eigenvalue weighted by Gasteiger charge is 2.23. The zero-order valence-electron chi connectivity index (χ0n) is 18.9. The smallest absolute Gasteiger partial charge is 0.321 e. The van der Waals surface area contributed by atoms with Gasteiger partial charge in [-0.15, -0.1) is 0 Å². The second kappa shape index (κ2) is 10.8. The van der Waals surface area contributed by atoms with Gasteiger partial charge >= 0.3 is 6.03 Å².